The Balaban J connectivity index is 0. The maximum absolute atomic E-state index is 11.4. The van der Waals surface area contributed by atoms with Gasteiger partial charge in [-0.05, 0) is 13.0 Å². The first-order chi connectivity index (χ1) is 8.13. The van der Waals surface area contributed by atoms with E-state index in [2.05, 4.69) is 15.3 Å². The Kier molecular flexibility index (Phi) is 11.2. The first-order valence-electron chi connectivity index (χ1n) is 5.33. The fraction of sp³-hybridized carbons (Fsp3) is 0.500. The molecule has 7 nitrogen and oxygen atoms in total. The van der Waals surface area contributed by atoms with Crippen LogP contribution < -0.4 is 11.1 Å². The Labute approximate surface area is 123 Å². The molecule has 0 aliphatic heterocycles. The average Bonchev–Trinajstić information content (AvgIpc) is 2.78. The molecule has 0 fully saturated rings. The largest absolute Gasteiger partial charge is 0.480 e. The van der Waals surface area contributed by atoms with Gasteiger partial charge in [0.05, 0.1) is 6.33 Å². The zero-order valence-electron chi connectivity index (χ0n) is 10.2. The molecule has 0 saturated heterocycles. The van der Waals surface area contributed by atoms with Gasteiger partial charge in [0.1, 0.15) is 6.04 Å². The van der Waals surface area contributed by atoms with Crippen LogP contribution in [0.1, 0.15) is 18.5 Å². The third kappa shape index (κ3) is 7.66. The van der Waals surface area contributed by atoms with E-state index in [0.717, 1.165) is 0 Å². The number of nitrogens with two attached hydrogens (primary N) is 1. The molecule has 0 aromatic carbocycles. The fourth-order valence-corrected chi connectivity index (χ4v) is 1.35. The number of hydrogen-bond acceptors (Lipinski definition) is 4. The van der Waals surface area contributed by atoms with E-state index >= 15 is 0 Å². The Morgan fingerprint density at radius 2 is 2.16 bits per heavy atom. The predicted octanol–water partition coefficient (Wildman–Crippen LogP) is 0.104. The number of H-pyrrole nitrogens is 1. The van der Waals surface area contributed by atoms with Crippen molar-refractivity contribution in [3.05, 3.63) is 18.2 Å². The van der Waals surface area contributed by atoms with Crippen molar-refractivity contribution >= 4 is 36.7 Å². The molecular formula is C10H18Cl2N4O3. The number of nitrogens with zero attached hydrogens (tertiary/aromatic N) is 1. The molecule has 1 aromatic rings. The van der Waals surface area contributed by atoms with E-state index < -0.39 is 12.0 Å². The standard InChI is InChI=1S/C10H16N4O3.2ClH/c11-3-1-2-9(15)14-8(10(16)17)4-7-5-12-6-13-7;;/h5-6,8H,1-4,11H2,(H,12,13)(H,14,15)(H,16,17);2*1H. The highest BCUT2D eigenvalue weighted by Crippen LogP contribution is 1.99. The maximum atomic E-state index is 11.4. The van der Waals surface area contributed by atoms with Gasteiger partial charge in [0, 0.05) is 24.7 Å². The maximum Gasteiger partial charge on any atom is 0.326 e. The summed E-state index contributed by atoms with van der Waals surface area (Å²) in [4.78, 5) is 28.9. The molecule has 0 saturated carbocycles. The summed E-state index contributed by atoms with van der Waals surface area (Å²) in [6, 6.07) is -0.944. The Morgan fingerprint density at radius 3 is 2.63 bits per heavy atom. The summed E-state index contributed by atoms with van der Waals surface area (Å²) >= 11 is 0. The smallest absolute Gasteiger partial charge is 0.326 e. The Bertz CT molecular complexity index is 373. The second kappa shape index (κ2) is 10.6. The summed E-state index contributed by atoms with van der Waals surface area (Å²) in [6.45, 7) is 0.408. The number of carboxylic acids is 1. The zero-order valence-corrected chi connectivity index (χ0v) is 11.8. The van der Waals surface area contributed by atoms with Gasteiger partial charge in [-0.3, -0.25) is 4.79 Å². The van der Waals surface area contributed by atoms with Gasteiger partial charge in [0.2, 0.25) is 5.91 Å². The highest BCUT2D eigenvalue weighted by atomic mass is 35.5. The number of halogens is 2. The minimum Gasteiger partial charge on any atom is -0.480 e. The second-order valence-corrected chi connectivity index (χ2v) is 3.63. The van der Waals surface area contributed by atoms with Gasteiger partial charge in [-0.1, -0.05) is 0 Å². The number of aromatic amines is 1. The molecule has 19 heavy (non-hydrogen) atoms. The number of carbonyl (C=O) groups is 2. The molecular weight excluding hydrogens is 295 g/mol. The Morgan fingerprint density at radius 1 is 1.47 bits per heavy atom. The first-order valence-corrected chi connectivity index (χ1v) is 5.33. The molecule has 0 aliphatic carbocycles. The fourth-order valence-electron chi connectivity index (χ4n) is 1.35. The number of nitrogens with one attached hydrogen (secondary N) is 2. The van der Waals surface area contributed by atoms with Crippen LogP contribution in [0, 0.1) is 0 Å². The molecule has 1 amide bonds. The summed E-state index contributed by atoms with van der Waals surface area (Å²) < 4.78 is 0. The molecule has 0 radical (unpaired) electrons. The molecule has 1 aromatic heterocycles. The monoisotopic (exact) mass is 312 g/mol. The number of aromatic nitrogens is 2. The third-order valence-corrected chi connectivity index (χ3v) is 2.22. The number of amides is 1. The highest BCUT2D eigenvalue weighted by molar-refractivity contribution is 5.85. The summed E-state index contributed by atoms with van der Waals surface area (Å²) in [5.74, 6) is -1.37. The van der Waals surface area contributed by atoms with Gasteiger partial charge in [-0.25, -0.2) is 9.78 Å². The number of aliphatic carboxylic acids is 1. The number of carboxylic acid groups (broad SMARTS) is 1. The summed E-state index contributed by atoms with van der Waals surface area (Å²) in [5, 5.41) is 11.4. The van der Waals surface area contributed by atoms with Crippen LogP contribution in [0.25, 0.3) is 0 Å². The molecule has 1 rings (SSSR count). The molecule has 0 aliphatic rings. The lowest BCUT2D eigenvalue weighted by Gasteiger charge is -2.13. The number of rotatable bonds is 7. The second-order valence-electron chi connectivity index (χ2n) is 3.63. The number of hydrogen-bond donors (Lipinski definition) is 4. The van der Waals surface area contributed by atoms with Gasteiger partial charge in [0.15, 0.2) is 0 Å². The summed E-state index contributed by atoms with van der Waals surface area (Å²) in [7, 11) is 0. The zero-order chi connectivity index (χ0) is 12.7. The van der Waals surface area contributed by atoms with Crippen molar-refractivity contribution in [2.75, 3.05) is 6.54 Å². The van der Waals surface area contributed by atoms with Gasteiger partial charge in [-0.2, -0.15) is 0 Å². The van der Waals surface area contributed by atoms with Crippen molar-refractivity contribution in [1.29, 1.82) is 0 Å². The lowest BCUT2D eigenvalue weighted by Crippen LogP contribution is -2.42. The lowest BCUT2D eigenvalue weighted by atomic mass is 10.1. The molecule has 1 unspecified atom stereocenters. The topological polar surface area (TPSA) is 121 Å². The molecule has 1 heterocycles. The van der Waals surface area contributed by atoms with E-state index in [1.807, 2.05) is 0 Å². The average molecular weight is 313 g/mol. The van der Waals surface area contributed by atoms with Crippen LogP contribution in [0.3, 0.4) is 0 Å². The van der Waals surface area contributed by atoms with Crippen molar-refractivity contribution in [3.63, 3.8) is 0 Å². The van der Waals surface area contributed by atoms with Gasteiger partial charge in [-0.15, -0.1) is 24.8 Å². The first kappa shape index (κ1) is 20.0. The molecule has 0 spiro atoms. The molecule has 0 bridgehead atoms. The van der Waals surface area contributed by atoms with Crippen molar-refractivity contribution in [1.82, 2.24) is 15.3 Å². The van der Waals surface area contributed by atoms with Crippen LogP contribution in [0.2, 0.25) is 0 Å². The molecule has 5 N–H and O–H groups in total. The van der Waals surface area contributed by atoms with Crippen LogP contribution in [0.15, 0.2) is 12.5 Å². The van der Waals surface area contributed by atoms with E-state index in [4.69, 9.17) is 10.8 Å². The van der Waals surface area contributed by atoms with Crippen LogP contribution in [0.4, 0.5) is 0 Å². The van der Waals surface area contributed by atoms with Crippen molar-refractivity contribution in [3.8, 4) is 0 Å². The lowest BCUT2D eigenvalue weighted by molar-refractivity contribution is -0.141. The van der Waals surface area contributed by atoms with Crippen molar-refractivity contribution < 1.29 is 14.7 Å². The van der Waals surface area contributed by atoms with Crippen molar-refractivity contribution in [2.45, 2.75) is 25.3 Å². The third-order valence-electron chi connectivity index (χ3n) is 2.22. The summed E-state index contributed by atoms with van der Waals surface area (Å²) in [6.07, 6.45) is 3.96. The molecule has 9 heteroatoms. The number of carbonyl (C=O) groups excluding carboxylic acids is 1. The van der Waals surface area contributed by atoms with Crippen LogP contribution >= 0.6 is 24.8 Å². The summed E-state index contributed by atoms with van der Waals surface area (Å²) in [5.41, 5.74) is 5.93. The normalized spacial score (nSPS) is 10.8. The van der Waals surface area contributed by atoms with E-state index in [1.54, 1.807) is 0 Å². The minimum atomic E-state index is -1.07. The van der Waals surface area contributed by atoms with Crippen LogP contribution in [-0.2, 0) is 16.0 Å². The Hall–Kier alpha value is -1.31. The van der Waals surface area contributed by atoms with Crippen LogP contribution in [0.5, 0.6) is 0 Å². The van der Waals surface area contributed by atoms with E-state index in [-0.39, 0.29) is 43.6 Å². The number of imidazole rings is 1. The minimum absolute atomic E-state index is 0. The molecule has 1 atom stereocenters. The quantitative estimate of drug-likeness (QED) is 0.569. The van der Waals surface area contributed by atoms with E-state index in [1.165, 1.54) is 12.5 Å². The van der Waals surface area contributed by atoms with Gasteiger partial charge >= 0.3 is 5.97 Å². The molecule has 110 valence electrons. The predicted molar refractivity (Wildman–Crippen MR) is 74.6 cm³/mol. The highest BCUT2D eigenvalue weighted by Gasteiger charge is 2.20. The van der Waals surface area contributed by atoms with Crippen molar-refractivity contribution in [2.24, 2.45) is 5.73 Å². The van der Waals surface area contributed by atoms with Gasteiger partial charge < -0.3 is 21.1 Å². The van der Waals surface area contributed by atoms with E-state index in [0.29, 0.717) is 18.7 Å². The van der Waals surface area contributed by atoms with Gasteiger partial charge in [0.25, 0.3) is 0 Å². The van der Waals surface area contributed by atoms with Crippen LogP contribution in [-0.4, -0.2) is 39.5 Å². The SMILES string of the molecule is Cl.Cl.NCCCC(=O)NC(Cc1cnc[nH]1)C(=O)O. The van der Waals surface area contributed by atoms with E-state index in [9.17, 15) is 9.59 Å².